The van der Waals surface area contributed by atoms with Gasteiger partial charge in [-0.25, -0.2) is 0 Å². The number of pyridine rings is 1. The summed E-state index contributed by atoms with van der Waals surface area (Å²) in [5, 5.41) is 1.21. The van der Waals surface area contributed by atoms with Crippen LogP contribution in [0.2, 0.25) is 0 Å². The average molecular weight is 257 g/mol. The molecule has 2 aromatic rings. The van der Waals surface area contributed by atoms with Gasteiger partial charge < -0.3 is 5.73 Å². The van der Waals surface area contributed by atoms with Crippen LogP contribution in [0.3, 0.4) is 0 Å². The first-order chi connectivity index (χ1) is 9.35. The van der Waals surface area contributed by atoms with E-state index < -0.39 is 0 Å². The summed E-state index contributed by atoms with van der Waals surface area (Å²) >= 11 is 0. The molecule has 3 nitrogen and oxygen atoms in total. The van der Waals surface area contributed by atoms with Gasteiger partial charge in [0.2, 0.25) is 0 Å². The van der Waals surface area contributed by atoms with E-state index in [1.54, 1.807) is 0 Å². The number of benzene rings is 1. The molecule has 2 N–H and O–H groups in total. The Kier molecular flexibility index (Phi) is 5.31. The van der Waals surface area contributed by atoms with E-state index in [-0.39, 0.29) is 0 Å². The molecule has 2 rings (SSSR count). The Bertz CT molecular complexity index is 505. The number of nitrogens with two attached hydrogens (primary N) is 1. The van der Waals surface area contributed by atoms with Gasteiger partial charge in [-0.2, -0.15) is 0 Å². The number of aromatic nitrogens is 1. The highest BCUT2D eigenvalue weighted by Gasteiger charge is 2.08. The van der Waals surface area contributed by atoms with Crippen LogP contribution in [0.5, 0.6) is 0 Å². The molecule has 0 unspecified atom stereocenters. The zero-order valence-electron chi connectivity index (χ0n) is 11.7. The highest BCUT2D eigenvalue weighted by Crippen LogP contribution is 2.17. The van der Waals surface area contributed by atoms with Crippen LogP contribution in [0.25, 0.3) is 10.9 Å². The van der Waals surface area contributed by atoms with Crippen LogP contribution in [0.4, 0.5) is 0 Å². The molecule has 0 aliphatic carbocycles. The SMILES string of the molecule is CCCCN(CCN)Cc1cccc2cccnc12. The Morgan fingerprint density at radius 2 is 2.00 bits per heavy atom. The maximum Gasteiger partial charge on any atom is 0.0746 e. The van der Waals surface area contributed by atoms with E-state index in [4.69, 9.17) is 5.73 Å². The largest absolute Gasteiger partial charge is 0.329 e. The van der Waals surface area contributed by atoms with Crippen LogP contribution < -0.4 is 5.73 Å². The van der Waals surface area contributed by atoms with Gasteiger partial charge in [0, 0.05) is 31.2 Å². The minimum atomic E-state index is 0.710. The first-order valence-corrected chi connectivity index (χ1v) is 7.10. The van der Waals surface area contributed by atoms with Crippen molar-refractivity contribution in [2.75, 3.05) is 19.6 Å². The van der Waals surface area contributed by atoms with E-state index in [0.717, 1.165) is 25.2 Å². The summed E-state index contributed by atoms with van der Waals surface area (Å²) in [4.78, 5) is 6.94. The second-order valence-corrected chi connectivity index (χ2v) is 4.91. The van der Waals surface area contributed by atoms with E-state index in [1.165, 1.54) is 23.8 Å². The van der Waals surface area contributed by atoms with Gasteiger partial charge in [-0.3, -0.25) is 9.88 Å². The number of rotatable bonds is 7. The highest BCUT2D eigenvalue weighted by molar-refractivity contribution is 5.81. The van der Waals surface area contributed by atoms with Crippen molar-refractivity contribution in [2.24, 2.45) is 5.73 Å². The average Bonchev–Trinajstić information content (AvgIpc) is 2.45. The minimum Gasteiger partial charge on any atom is -0.329 e. The van der Waals surface area contributed by atoms with Crippen molar-refractivity contribution in [3.63, 3.8) is 0 Å². The second kappa shape index (κ2) is 7.22. The molecule has 1 aromatic carbocycles. The number of fused-ring (bicyclic) bond motifs is 1. The first kappa shape index (κ1) is 14.0. The molecule has 3 heteroatoms. The van der Waals surface area contributed by atoms with Crippen LogP contribution in [0, 0.1) is 0 Å². The highest BCUT2D eigenvalue weighted by atomic mass is 15.1. The molecule has 0 aliphatic rings. The van der Waals surface area contributed by atoms with Gasteiger partial charge in [0.1, 0.15) is 0 Å². The minimum absolute atomic E-state index is 0.710. The lowest BCUT2D eigenvalue weighted by molar-refractivity contribution is 0.269. The Labute approximate surface area is 115 Å². The molecule has 0 atom stereocenters. The van der Waals surface area contributed by atoms with Crippen molar-refractivity contribution in [3.8, 4) is 0 Å². The number of para-hydroxylation sites is 1. The third-order valence-corrected chi connectivity index (χ3v) is 3.38. The van der Waals surface area contributed by atoms with Crippen LogP contribution in [0.15, 0.2) is 36.5 Å². The zero-order valence-corrected chi connectivity index (χ0v) is 11.7. The summed E-state index contributed by atoms with van der Waals surface area (Å²) < 4.78 is 0. The lowest BCUT2D eigenvalue weighted by Gasteiger charge is -2.21. The third-order valence-electron chi connectivity index (χ3n) is 3.38. The van der Waals surface area contributed by atoms with Crippen LogP contribution in [-0.4, -0.2) is 29.5 Å². The quantitative estimate of drug-likeness (QED) is 0.829. The van der Waals surface area contributed by atoms with E-state index in [9.17, 15) is 0 Å². The van der Waals surface area contributed by atoms with Crippen molar-refractivity contribution < 1.29 is 0 Å². The van der Waals surface area contributed by atoms with Crippen LogP contribution in [-0.2, 0) is 6.54 Å². The monoisotopic (exact) mass is 257 g/mol. The summed E-state index contributed by atoms with van der Waals surface area (Å²) in [6.07, 6.45) is 4.30. The predicted molar refractivity (Wildman–Crippen MR) is 81.0 cm³/mol. The molecule has 1 heterocycles. The molecule has 0 saturated heterocycles. The normalized spacial score (nSPS) is 11.3. The van der Waals surface area contributed by atoms with Gasteiger partial charge >= 0.3 is 0 Å². The maximum absolute atomic E-state index is 5.71. The summed E-state index contributed by atoms with van der Waals surface area (Å²) in [5.74, 6) is 0. The summed E-state index contributed by atoms with van der Waals surface area (Å²) in [6.45, 7) is 5.92. The Morgan fingerprint density at radius 1 is 1.16 bits per heavy atom. The zero-order chi connectivity index (χ0) is 13.5. The summed E-state index contributed by atoms with van der Waals surface area (Å²) in [5.41, 5.74) is 8.12. The fourth-order valence-corrected chi connectivity index (χ4v) is 2.37. The van der Waals surface area contributed by atoms with Crippen molar-refractivity contribution in [1.82, 2.24) is 9.88 Å². The lowest BCUT2D eigenvalue weighted by atomic mass is 10.1. The van der Waals surface area contributed by atoms with Gasteiger partial charge in [0.25, 0.3) is 0 Å². The van der Waals surface area contributed by atoms with E-state index in [2.05, 4.69) is 41.1 Å². The van der Waals surface area contributed by atoms with E-state index in [1.807, 2.05) is 12.3 Å². The number of hydrogen-bond acceptors (Lipinski definition) is 3. The molecule has 0 amide bonds. The fraction of sp³-hybridized carbons (Fsp3) is 0.438. The van der Waals surface area contributed by atoms with Crippen molar-refractivity contribution >= 4 is 10.9 Å². The molecular weight excluding hydrogens is 234 g/mol. The molecule has 0 radical (unpaired) electrons. The molecule has 0 aliphatic heterocycles. The van der Waals surface area contributed by atoms with Gasteiger partial charge in [-0.05, 0) is 24.6 Å². The van der Waals surface area contributed by atoms with Gasteiger partial charge in [0.15, 0.2) is 0 Å². The lowest BCUT2D eigenvalue weighted by Crippen LogP contribution is -2.30. The topological polar surface area (TPSA) is 42.1 Å². The predicted octanol–water partition coefficient (Wildman–Crippen LogP) is 2.80. The number of unbranched alkanes of at least 4 members (excludes halogenated alkanes) is 1. The smallest absolute Gasteiger partial charge is 0.0746 e. The van der Waals surface area contributed by atoms with Gasteiger partial charge in [0.05, 0.1) is 5.52 Å². The standard InChI is InChI=1S/C16H23N3/c1-2-3-11-19(12-9-17)13-15-7-4-6-14-8-5-10-18-16(14)15/h4-8,10H,2-3,9,11-13,17H2,1H3. The molecule has 1 aromatic heterocycles. The van der Waals surface area contributed by atoms with Crippen molar-refractivity contribution in [1.29, 1.82) is 0 Å². The Balaban J connectivity index is 2.18. The Hall–Kier alpha value is -1.45. The fourth-order valence-electron chi connectivity index (χ4n) is 2.37. The Morgan fingerprint density at radius 3 is 2.79 bits per heavy atom. The van der Waals surface area contributed by atoms with Gasteiger partial charge in [-0.15, -0.1) is 0 Å². The van der Waals surface area contributed by atoms with Crippen molar-refractivity contribution in [3.05, 3.63) is 42.1 Å². The molecule has 0 fully saturated rings. The molecule has 19 heavy (non-hydrogen) atoms. The molecule has 0 spiro atoms. The van der Waals surface area contributed by atoms with Crippen LogP contribution in [0.1, 0.15) is 25.3 Å². The molecule has 102 valence electrons. The summed E-state index contributed by atoms with van der Waals surface area (Å²) in [7, 11) is 0. The van der Waals surface area contributed by atoms with Crippen molar-refractivity contribution in [2.45, 2.75) is 26.3 Å². The maximum atomic E-state index is 5.71. The van der Waals surface area contributed by atoms with E-state index in [0.29, 0.717) is 6.54 Å². The van der Waals surface area contributed by atoms with Crippen LogP contribution >= 0.6 is 0 Å². The van der Waals surface area contributed by atoms with E-state index >= 15 is 0 Å². The number of hydrogen-bond donors (Lipinski definition) is 1. The molecule has 0 saturated carbocycles. The van der Waals surface area contributed by atoms with Gasteiger partial charge in [-0.1, -0.05) is 37.6 Å². The third kappa shape index (κ3) is 3.75. The number of nitrogens with zero attached hydrogens (tertiary/aromatic N) is 2. The second-order valence-electron chi connectivity index (χ2n) is 4.91. The first-order valence-electron chi connectivity index (χ1n) is 7.10. The molecule has 0 bridgehead atoms. The summed E-state index contributed by atoms with van der Waals surface area (Å²) in [6, 6.07) is 10.5. The molecular formula is C16H23N3.